The summed E-state index contributed by atoms with van der Waals surface area (Å²) in [6, 6.07) is 5.09. The largest absolute Gasteiger partial charge is 0.480 e. The highest BCUT2D eigenvalue weighted by molar-refractivity contribution is 5.87. The Balaban J connectivity index is 2.08. The van der Waals surface area contributed by atoms with E-state index in [-0.39, 0.29) is 17.5 Å². The second-order valence-electron chi connectivity index (χ2n) is 6.32. The molecule has 0 fully saturated rings. The summed E-state index contributed by atoms with van der Waals surface area (Å²) in [5.41, 5.74) is -1.94. The Bertz CT molecular complexity index is 891. The predicted octanol–water partition coefficient (Wildman–Crippen LogP) is 3.57. The van der Waals surface area contributed by atoms with E-state index in [1.54, 1.807) is 0 Å². The van der Waals surface area contributed by atoms with E-state index in [0.717, 1.165) is 36.4 Å². The molecule has 0 spiro atoms. The topological polar surface area (TPSA) is 86.6 Å². The van der Waals surface area contributed by atoms with Gasteiger partial charge in [0.1, 0.15) is 6.04 Å². The molecular formula is C19H15F6NO4. The molecule has 0 bridgehead atoms. The smallest absolute Gasteiger partial charge is 0.416 e. The number of aliphatic carboxylic acids is 1. The van der Waals surface area contributed by atoms with Crippen molar-refractivity contribution >= 4 is 11.9 Å². The number of alkyl halides is 6. The van der Waals surface area contributed by atoms with Crippen molar-refractivity contribution in [3.05, 3.63) is 70.8 Å². The number of amides is 1. The van der Waals surface area contributed by atoms with Gasteiger partial charge in [-0.2, -0.15) is 26.3 Å². The van der Waals surface area contributed by atoms with Crippen molar-refractivity contribution in [2.45, 2.75) is 30.9 Å². The first-order valence-corrected chi connectivity index (χ1v) is 8.33. The zero-order valence-electron chi connectivity index (χ0n) is 15.0. The van der Waals surface area contributed by atoms with Crippen molar-refractivity contribution in [2.24, 2.45) is 0 Å². The summed E-state index contributed by atoms with van der Waals surface area (Å²) in [6.07, 6.45) is -11.5. The number of aliphatic hydroxyl groups is 1. The fourth-order valence-corrected chi connectivity index (χ4v) is 2.52. The van der Waals surface area contributed by atoms with E-state index in [9.17, 15) is 46.1 Å². The first kappa shape index (κ1) is 23.2. The fraction of sp³-hybridized carbons (Fsp3) is 0.263. The van der Waals surface area contributed by atoms with Crippen molar-refractivity contribution < 1.29 is 46.1 Å². The lowest BCUT2D eigenvalue weighted by Crippen LogP contribution is -2.44. The molecule has 2 aromatic rings. The van der Waals surface area contributed by atoms with E-state index in [1.165, 1.54) is 0 Å². The molecule has 0 saturated heterocycles. The Morgan fingerprint density at radius 1 is 0.833 bits per heavy atom. The third kappa shape index (κ3) is 5.96. The van der Waals surface area contributed by atoms with Gasteiger partial charge < -0.3 is 15.5 Å². The Labute approximate surface area is 165 Å². The van der Waals surface area contributed by atoms with E-state index in [1.807, 2.05) is 5.32 Å². The highest BCUT2D eigenvalue weighted by atomic mass is 19.4. The van der Waals surface area contributed by atoms with Crippen molar-refractivity contribution in [3.63, 3.8) is 0 Å². The second-order valence-corrected chi connectivity index (χ2v) is 6.32. The minimum atomic E-state index is -4.61. The third-order valence-electron chi connectivity index (χ3n) is 4.14. The number of carboxylic acid groups (broad SMARTS) is 1. The molecule has 0 radical (unpaired) electrons. The molecule has 0 aliphatic heterocycles. The number of hydrogen-bond donors (Lipinski definition) is 3. The van der Waals surface area contributed by atoms with Crippen LogP contribution < -0.4 is 5.32 Å². The van der Waals surface area contributed by atoms with Crippen LogP contribution in [0.15, 0.2) is 48.5 Å². The van der Waals surface area contributed by atoms with Gasteiger partial charge in [-0.05, 0) is 35.4 Å². The summed E-state index contributed by atoms with van der Waals surface area (Å²) in [7, 11) is 0. The molecule has 0 aliphatic rings. The highest BCUT2D eigenvalue weighted by Gasteiger charge is 2.32. The Kier molecular flexibility index (Phi) is 6.76. The van der Waals surface area contributed by atoms with Gasteiger partial charge in [0.2, 0.25) is 0 Å². The monoisotopic (exact) mass is 435 g/mol. The molecule has 3 N–H and O–H groups in total. The molecule has 0 heterocycles. The number of aliphatic hydroxyl groups excluding tert-OH is 1. The van der Waals surface area contributed by atoms with Crippen LogP contribution in [-0.4, -0.2) is 28.1 Å². The van der Waals surface area contributed by atoms with Gasteiger partial charge in [-0.25, -0.2) is 4.79 Å². The molecule has 1 amide bonds. The van der Waals surface area contributed by atoms with Crippen LogP contribution in [0, 0.1) is 0 Å². The summed E-state index contributed by atoms with van der Waals surface area (Å²) in [4.78, 5) is 23.5. The van der Waals surface area contributed by atoms with Gasteiger partial charge in [-0.3, -0.25) is 4.79 Å². The number of benzene rings is 2. The Morgan fingerprint density at radius 2 is 1.27 bits per heavy atom. The van der Waals surface area contributed by atoms with Gasteiger partial charge in [0.15, 0.2) is 6.10 Å². The van der Waals surface area contributed by atoms with Crippen molar-refractivity contribution in [3.8, 4) is 0 Å². The van der Waals surface area contributed by atoms with Crippen LogP contribution >= 0.6 is 0 Å². The Hall–Kier alpha value is -3.08. The molecule has 5 nitrogen and oxygen atoms in total. The maximum Gasteiger partial charge on any atom is 0.416 e. The van der Waals surface area contributed by atoms with E-state index < -0.39 is 47.5 Å². The van der Waals surface area contributed by atoms with Crippen LogP contribution in [0.2, 0.25) is 0 Å². The Morgan fingerprint density at radius 3 is 1.67 bits per heavy atom. The van der Waals surface area contributed by atoms with Gasteiger partial charge in [-0.1, -0.05) is 24.3 Å². The van der Waals surface area contributed by atoms with Gasteiger partial charge in [-0.15, -0.1) is 0 Å². The summed E-state index contributed by atoms with van der Waals surface area (Å²) in [5, 5.41) is 21.3. The van der Waals surface area contributed by atoms with E-state index in [2.05, 4.69) is 0 Å². The first-order valence-electron chi connectivity index (χ1n) is 8.33. The summed E-state index contributed by atoms with van der Waals surface area (Å²) < 4.78 is 75.4. The quantitative estimate of drug-likeness (QED) is 0.606. The summed E-state index contributed by atoms with van der Waals surface area (Å²) >= 11 is 0. The molecule has 162 valence electrons. The summed E-state index contributed by atoms with van der Waals surface area (Å²) in [6.45, 7) is 0. The van der Waals surface area contributed by atoms with Crippen LogP contribution in [-0.2, 0) is 28.4 Å². The minimum Gasteiger partial charge on any atom is -0.480 e. The molecule has 2 aromatic carbocycles. The zero-order valence-corrected chi connectivity index (χ0v) is 15.0. The number of hydrogen-bond acceptors (Lipinski definition) is 3. The van der Waals surface area contributed by atoms with Crippen LogP contribution in [0.1, 0.15) is 28.4 Å². The molecule has 30 heavy (non-hydrogen) atoms. The summed E-state index contributed by atoms with van der Waals surface area (Å²) in [5.74, 6) is -2.70. The van der Waals surface area contributed by atoms with Crippen LogP contribution in [0.3, 0.4) is 0 Å². The predicted molar refractivity (Wildman–Crippen MR) is 91.1 cm³/mol. The number of carbonyl (C=O) groups is 2. The maximum atomic E-state index is 12.6. The van der Waals surface area contributed by atoms with Crippen molar-refractivity contribution in [2.75, 3.05) is 0 Å². The number of carbonyl (C=O) groups excluding carboxylic acids is 1. The molecule has 0 saturated carbocycles. The third-order valence-corrected chi connectivity index (χ3v) is 4.14. The normalized spacial score (nSPS) is 14.1. The van der Waals surface area contributed by atoms with Crippen molar-refractivity contribution in [1.82, 2.24) is 5.32 Å². The highest BCUT2D eigenvalue weighted by Crippen LogP contribution is 2.30. The lowest BCUT2D eigenvalue weighted by Gasteiger charge is -2.18. The standard InChI is InChI=1S/C19H15F6NO4/c20-18(21,22)12-5-1-10(2-6-12)9-14(17(29)30)26-16(28)15(27)11-3-7-13(8-4-11)19(23,24)25/h1-8,14-15,27H,9H2,(H,26,28)(H,29,30)/t14-,15+/m1/s1. The van der Waals surface area contributed by atoms with Gasteiger partial charge in [0.05, 0.1) is 11.1 Å². The molecule has 0 aromatic heterocycles. The lowest BCUT2D eigenvalue weighted by molar-refractivity contribution is -0.143. The molecule has 2 rings (SSSR count). The van der Waals surface area contributed by atoms with Crippen LogP contribution in [0.25, 0.3) is 0 Å². The molecule has 2 atom stereocenters. The van der Waals surface area contributed by atoms with E-state index in [0.29, 0.717) is 12.1 Å². The first-order chi connectivity index (χ1) is 13.8. The van der Waals surface area contributed by atoms with Gasteiger partial charge in [0.25, 0.3) is 5.91 Å². The number of rotatable bonds is 6. The number of halogens is 6. The van der Waals surface area contributed by atoms with Crippen LogP contribution in [0.4, 0.5) is 26.3 Å². The minimum absolute atomic E-state index is 0.180. The van der Waals surface area contributed by atoms with Crippen LogP contribution in [0.5, 0.6) is 0 Å². The number of carboxylic acids is 1. The average Bonchev–Trinajstić information content (AvgIpc) is 2.65. The zero-order chi connectivity index (χ0) is 22.7. The fourth-order valence-electron chi connectivity index (χ4n) is 2.52. The van der Waals surface area contributed by atoms with Gasteiger partial charge in [0, 0.05) is 6.42 Å². The molecule has 0 unspecified atom stereocenters. The van der Waals surface area contributed by atoms with Crippen molar-refractivity contribution in [1.29, 1.82) is 0 Å². The van der Waals surface area contributed by atoms with E-state index >= 15 is 0 Å². The molecule has 11 heteroatoms. The second kappa shape index (κ2) is 8.74. The lowest BCUT2D eigenvalue weighted by atomic mass is 10.0. The average molecular weight is 435 g/mol. The SMILES string of the molecule is O=C(N[C@H](Cc1ccc(C(F)(F)F)cc1)C(=O)O)[C@@H](O)c1ccc(C(F)(F)F)cc1. The molecular weight excluding hydrogens is 420 g/mol. The van der Waals surface area contributed by atoms with Gasteiger partial charge >= 0.3 is 18.3 Å². The molecule has 0 aliphatic carbocycles. The number of nitrogens with one attached hydrogen (secondary N) is 1. The maximum absolute atomic E-state index is 12.6. The van der Waals surface area contributed by atoms with E-state index in [4.69, 9.17) is 0 Å².